The second kappa shape index (κ2) is 6.83. The Hall–Kier alpha value is -2.82. The van der Waals surface area contributed by atoms with E-state index < -0.39 is 0 Å². The number of hydrogen-bond donors (Lipinski definition) is 1. The van der Waals surface area contributed by atoms with Gasteiger partial charge < -0.3 is 14.8 Å². The summed E-state index contributed by atoms with van der Waals surface area (Å²) < 4.78 is 1.93. The second-order valence-corrected chi connectivity index (χ2v) is 7.03. The number of urea groups is 1. The van der Waals surface area contributed by atoms with Crippen molar-refractivity contribution in [2.24, 2.45) is 7.05 Å². The number of rotatable bonds is 5. The molecule has 134 valence electrons. The van der Waals surface area contributed by atoms with E-state index in [2.05, 4.69) is 53.6 Å². The lowest BCUT2D eigenvalue weighted by molar-refractivity contribution is 0.174. The standard InChI is InChI=1S/C21H24N4O/c1-15(17-8-7-16-5-3-4-6-18(16)13-17)25(19-9-10-19)21(26)23-14-20-22-11-12-24(20)2/h3-8,11-13,15,19H,9-10,14H2,1-2H3,(H,23,26)/t15-/m1/s1. The number of nitrogens with one attached hydrogen (secondary N) is 1. The van der Waals surface area contributed by atoms with Crippen LogP contribution in [0.1, 0.15) is 37.2 Å². The van der Waals surface area contributed by atoms with Gasteiger partial charge in [0.1, 0.15) is 5.82 Å². The Labute approximate surface area is 153 Å². The van der Waals surface area contributed by atoms with Crippen molar-refractivity contribution >= 4 is 16.8 Å². The lowest BCUT2D eigenvalue weighted by Crippen LogP contribution is -2.42. The monoisotopic (exact) mass is 348 g/mol. The molecule has 2 aromatic carbocycles. The molecular formula is C21H24N4O. The van der Waals surface area contributed by atoms with Crippen molar-refractivity contribution in [2.75, 3.05) is 0 Å². The highest BCUT2D eigenvalue weighted by molar-refractivity contribution is 5.83. The minimum absolute atomic E-state index is 0.0174. The van der Waals surface area contributed by atoms with Gasteiger partial charge in [-0.05, 0) is 42.2 Å². The van der Waals surface area contributed by atoms with Gasteiger partial charge >= 0.3 is 6.03 Å². The molecule has 0 saturated heterocycles. The maximum absolute atomic E-state index is 12.9. The van der Waals surface area contributed by atoms with Crippen LogP contribution in [-0.2, 0) is 13.6 Å². The number of imidazole rings is 1. The van der Waals surface area contributed by atoms with Gasteiger partial charge in [0.25, 0.3) is 0 Å². The third-order valence-corrected chi connectivity index (χ3v) is 5.17. The van der Waals surface area contributed by atoms with Crippen LogP contribution in [0, 0.1) is 0 Å². The maximum Gasteiger partial charge on any atom is 0.318 e. The third-order valence-electron chi connectivity index (χ3n) is 5.17. The molecule has 0 bridgehead atoms. The average Bonchev–Trinajstić information content (AvgIpc) is 3.40. The van der Waals surface area contributed by atoms with Crippen LogP contribution in [0.2, 0.25) is 0 Å². The van der Waals surface area contributed by atoms with E-state index in [4.69, 9.17) is 0 Å². The summed E-state index contributed by atoms with van der Waals surface area (Å²) in [5.74, 6) is 0.854. The van der Waals surface area contributed by atoms with Crippen LogP contribution in [0.15, 0.2) is 54.9 Å². The number of hydrogen-bond acceptors (Lipinski definition) is 2. The predicted octanol–water partition coefficient (Wildman–Crippen LogP) is 4.01. The molecule has 0 unspecified atom stereocenters. The van der Waals surface area contributed by atoms with Gasteiger partial charge in [0.2, 0.25) is 0 Å². The minimum atomic E-state index is -0.0174. The molecule has 1 aliphatic rings. The Morgan fingerprint density at radius 2 is 2.04 bits per heavy atom. The Bertz CT molecular complexity index is 928. The molecular weight excluding hydrogens is 324 g/mol. The van der Waals surface area contributed by atoms with Gasteiger partial charge in [0.05, 0.1) is 12.6 Å². The van der Waals surface area contributed by atoms with Crippen molar-refractivity contribution in [3.63, 3.8) is 0 Å². The molecule has 1 heterocycles. The van der Waals surface area contributed by atoms with Crippen molar-refractivity contribution < 1.29 is 4.79 Å². The van der Waals surface area contributed by atoms with E-state index in [1.807, 2.05) is 28.8 Å². The number of nitrogens with zero attached hydrogens (tertiary/aromatic N) is 3. The predicted molar refractivity (Wildman–Crippen MR) is 103 cm³/mol. The fraction of sp³-hybridized carbons (Fsp3) is 0.333. The highest BCUT2D eigenvalue weighted by atomic mass is 16.2. The number of carbonyl (C=O) groups excluding carboxylic acids is 1. The fourth-order valence-corrected chi connectivity index (χ4v) is 3.45. The summed E-state index contributed by atoms with van der Waals surface area (Å²) in [5, 5.41) is 5.47. The van der Waals surface area contributed by atoms with E-state index in [-0.39, 0.29) is 12.1 Å². The smallest absolute Gasteiger partial charge is 0.318 e. The first-order chi connectivity index (χ1) is 12.6. The van der Waals surface area contributed by atoms with Crippen LogP contribution in [0.5, 0.6) is 0 Å². The molecule has 0 radical (unpaired) electrons. The molecule has 5 nitrogen and oxygen atoms in total. The van der Waals surface area contributed by atoms with Crippen molar-refractivity contribution in [1.82, 2.24) is 19.8 Å². The highest BCUT2D eigenvalue weighted by Crippen LogP contribution is 2.35. The molecule has 0 aliphatic heterocycles. The van der Waals surface area contributed by atoms with Crippen LogP contribution in [0.4, 0.5) is 4.79 Å². The Kier molecular flexibility index (Phi) is 4.37. The van der Waals surface area contributed by atoms with E-state index in [9.17, 15) is 4.79 Å². The van der Waals surface area contributed by atoms with Crippen LogP contribution >= 0.6 is 0 Å². The number of aryl methyl sites for hydroxylation is 1. The van der Waals surface area contributed by atoms with Crippen LogP contribution in [-0.4, -0.2) is 26.5 Å². The minimum Gasteiger partial charge on any atom is -0.337 e. The number of aromatic nitrogens is 2. The molecule has 2 amide bonds. The molecule has 1 aromatic heterocycles. The summed E-state index contributed by atoms with van der Waals surface area (Å²) in [6, 6.07) is 15.1. The zero-order valence-corrected chi connectivity index (χ0v) is 15.2. The lowest BCUT2D eigenvalue weighted by Gasteiger charge is -2.30. The highest BCUT2D eigenvalue weighted by Gasteiger charge is 2.36. The number of carbonyl (C=O) groups is 1. The molecule has 1 aliphatic carbocycles. The van der Waals surface area contributed by atoms with E-state index >= 15 is 0 Å². The summed E-state index contributed by atoms with van der Waals surface area (Å²) in [6.07, 6.45) is 5.79. The van der Waals surface area contributed by atoms with Crippen LogP contribution in [0.25, 0.3) is 10.8 Å². The number of benzene rings is 2. The molecule has 1 atom stereocenters. The van der Waals surface area contributed by atoms with Crippen molar-refractivity contribution in [3.8, 4) is 0 Å². The topological polar surface area (TPSA) is 50.2 Å². The quantitative estimate of drug-likeness (QED) is 0.757. The summed E-state index contributed by atoms with van der Waals surface area (Å²) >= 11 is 0. The molecule has 3 aromatic rings. The van der Waals surface area contributed by atoms with Crippen molar-refractivity contribution in [2.45, 2.75) is 38.4 Å². The van der Waals surface area contributed by atoms with E-state index in [0.717, 1.165) is 18.7 Å². The third kappa shape index (κ3) is 3.29. The first kappa shape index (κ1) is 16.6. The van der Waals surface area contributed by atoms with Gasteiger partial charge in [-0.25, -0.2) is 9.78 Å². The van der Waals surface area contributed by atoms with Gasteiger partial charge in [-0.1, -0.05) is 36.4 Å². The zero-order valence-electron chi connectivity index (χ0n) is 15.2. The summed E-state index contributed by atoms with van der Waals surface area (Å²) in [5.41, 5.74) is 1.17. The normalized spacial score (nSPS) is 15.0. The lowest BCUT2D eigenvalue weighted by atomic mass is 10.0. The zero-order chi connectivity index (χ0) is 18.1. The van der Waals surface area contributed by atoms with E-state index in [1.165, 1.54) is 16.3 Å². The summed E-state index contributed by atoms with van der Waals surface area (Å²) in [4.78, 5) is 19.2. The van der Waals surface area contributed by atoms with Gasteiger partial charge in [0, 0.05) is 25.5 Å². The number of amides is 2. The molecule has 4 rings (SSSR count). The number of fused-ring (bicyclic) bond motifs is 1. The summed E-state index contributed by atoms with van der Waals surface area (Å²) in [7, 11) is 1.94. The first-order valence-corrected chi connectivity index (χ1v) is 9.14. The molecule has 26 heavy (non-hydrogen) atoms. The van der Waals surface area contributed by atoms with Gasteiger partial charge in [-0.15, -0.1) is 0 Å². The van der Waals surface area contributed by atoms with E-state index in [1.54, 1.807) is 6.20 Å². The molecule has 1 fully saturated rings. The molecule has 5 heteroatoms. The first-order valence-electron chi connectivity index (χ1n) is 9.14. The van der Waals surface area contributed by atoms with Gasteiger partial charge in [0.15, 0.2) is 0 Å². The SMILES string of the molecule is C[C@H](c1ccc2ccccc2c1)N(C(=O)NCc1nccn1C)C1CC1. The van der Waals surface area contributed by atoms with Gasteiger partial charge in [-0.3, -0.25) is 0 Å². The molecule has 1 saturated carbocycles. The van der Waals surface area contributed by atoms with Gasteiger partial charge in [-0.2, -0.15) is 0 Å². The van der Waals surface area contributed by atoms with Crippen LogP contribution in [0.3, 0.4) is 0 Å². The van der Waals surface area contributed by atoms with Crippen molar-refractivity contribution in [1.29, 1.82) is 0 Å². The van der Waals surface area contributed by atoms with E-state index in [0.29, 0.717) is 12.6 Å². The molecule has 1 N–H and O–H groups in total. The summed E-state index contributed by atoms with van der Waals surface area (Å²) in [6.45, 7) is 2.55. The maximum atomic E-state index is 12.9. The van der Waals surface area contributed by atoms with Crippen molar-refractivity contribution in [3.05, 3.63) is 66.2 Å². The second-order valence-electron chi connectivity index (χ2n) is 7.03. The molecule has 0 spiro atoms. The Balaban J connectivity index is 1.53. The largest absolute Gasteiger partial charge is 0.337 e. The Morgan fingerprint density at radius 1 is 1.27 bits per heavy atom. The van der Waals surface area contributed by atoms with Crippen LogP contribution < -0.4 is 5.32 Å². The average molecular weight is 348 g/mol. The fourth-order valence-electron chi connectivity index (χ4n) is 3.45. The Morgan fingerprint density at radius 3 is 2.73 bits per heavy atom.